The molecule has 15 heteroatoms. The topological polar surface area (TPSA) is 146 Å². The van der Waals surface area contributed by atoms with Gasteiger partial charge in [-0.1, -0.05) is 60.3 Å². The van der Waals surface area contributed by atoms with Gasteiger partial charge in [-0.05, 0) is 50.3 Å². The number of hydrogen-bond acceptors (Lipinski definition) is 11. The van der Waals surface area contributed by atoms with E-state index in [-0.39, 0.29) is 37.3 Å². The lowest BCUT2D eigenvalue weighted by Gasteiger charge is -2.39. The predicted octanol–water partition coefficient (Wildman–Crippen LogP) is 5.07. The molecule has 3 aromatic rings. The Morgan fingerprint density at radius 2 is 1.75 bits per heavy atom. The second-order valence-corrected chi connectivity index (χ2v) is 12.9. The first-order chi connectivity index (χ1) is 21.1. The lowest BCUT2D eigenvalue weighted by atomic mass is 9.82. The molecule has 3 N–H and O–H groups in total. The van der Waals surface area contributed by atoms with Crippen molar-refractivity contribution in [3.63, 3.8) is 0 Å². The number of aliphatic hydroxyl groups is 1. The van der Waals surface area contributed by atoms with E-state index >= 15 is 0 Å². The fraction of sp³-hybridized carbons (Fsp3) is 0.483. The lowest BCUT2D eigenvalue weighted by Crippen LogP contribution is -2.56. The number of pyridine rings is 1. The number of allylic oxidation sites excluding steroid dienone is 2. The largest absolute Gasteiger partial charge is 0.378 e. The van der Waals surface area contributed by atoms with Crippen LogP contribution in [0.25, 0.3) is 0 Å². The van der Waals surface area contributed by atoms with Gasteiger partial charge in [-0.2, -0.15) is 0 Å². The molecule has 5 rings (SSSR count). The van der Waals surface area contributed by atoms with Gasteiger partial charge in [0.15, 0.2) is 6.10 Å². The third-order valence-electron chi connectivity index (χ3n) is 7.48. The molecule has 234 valence electrons. The molecule has 0 spiro atoms. The summed E-state index contributed by atoms with van der Waals surface area (Å²) in [7, 11) is 0. The van der Waals surface area contributed by atoms with Crippen LogP contribution in [-0.2, 0) is 16.0 Å². The average Bonchev–Trinajstić information content (AvgIpc) is 3.66. The van der Waals surface area contributed by atoms with Crippen LogP contribution in [0.1, 0.15) is 73.5 Å². The van der Waals surface area contributed by atoms with Crippen LogP contribution in [0.2, 0.25) is 0 Å². The van der Waals surface area contributed by atoms with Crippen LogP contribution in [0.3, 0.4) is 0 Å². The van der Waals surface area contributed by atoms with Gasteiger partial charge in [0.25, 0.3) is 11.8 Å². The SMILES string of the molecule is C/C=C(\C=C/CC)[C@H](O)C(=O)Nc1nnc([C@H]2CCC[C@H](c3nnc(NC(=O)Cc4cccc(N5CC(F)(F)C5)n4)s3)C2)s1. The number of amides is 2. The number of hydrogen-bond donors (Lipinski definition) is 3. The predicted molar refractivity (Wildman–Crippen MR) is 165 cm³/mol. The van der Waals surface area contributed by atoms with Crippen LogP contribution in [0.15, 0.2) is 42.0 Å². The normalized spacial score (nSPS) is 20.8. The average molecular weight is 645 g/mol. The number of rotatable bonds is 11. The minimum absolute atomic E-state index is 0.0169. The van der Waals surface area contributed by atoms with Crippen LogP contribution >= 0.6 is 22.7 Å². The molecule has 4 heterocycles. The van der Waals surface area contributed by atoms with Gasteiger partial charge in [-0.15, -0.1) is 20.4 Å². The molecular formula is C29H34F2N8O3S2. The first-order valence-electron chi connectivity index (χ1n) is 14.5. The van der Waals surface area contributed by atoms with Gasteiger partial charge in [0.2, 0.25) is 16.2 Å². The molecule has 0 bridgehead atoms. The van der Waals surface area contributed by atoms with E-state index in [2.05, 4.69) is 36.0 Å². The molecule has 0 unspecified atom stereocenters. The minimum Gasteiger partial charge on any atom is -0.378 e. The van der Waals surface area contributed by atoms with Gasteiger partial charge in [0.1, 0.15) is 15.8 Å². The molecule has 3 atom stereocenters. The van der Waals surface area contributed by atoms with Gasteiger partial charge < -0.3 is 15.3 Å². The third kappa shape index (κ3) is 7.87. The molecule has 2 fully saturated rings. The highest BCUT2D eigenvalue weighted by molar-refractivity contribution is 7.15. The highest BCUT2D eigenvalue weighted by Gasteiger charge is 2.44. The molecule has 1 aliphatic carbocycles. The van der Waals surface area contributed by atoms with Crippen molar-refractivity contribution >= 4 is 50.6 Å². The molecule has 2 amide bonds. The fourth-order valence-corrected chi connectivity index (χ4v) is 7.01. The number of halogens is 2. The number of carbonyl (C=O) groups is 2. The molecular weight excluding hydrogens is 611 g/mol. The summed E-state index contributed by atoms with van der Waals surface area (Å²) in [5.74, 6) is -2.88. The van der Waals surface area contributed by atoms with Crippen molar-refractivity contribution in [1.29, 1.82) is 0 Å². The number of aliphatic hydroxyl groups excluding tert-OH is 1. The monoisotopic (exact) mass is 644 g/mol. The number of anilines is 3. The summed E-state index contributed by atoms with van der Waals surface area (Å²) in [4.78, 5) is 31.1. The summed E-state index contributed by atoms with van der Waals surface area (Å²) in [5, 5.41) is 35.2. The van der Waals surface area contributed by atoms with Crippen molar-refractivity contribution < 1.29 is 23.5 Å². The Labute approximate surface area is 261 Å². The molecule has 11 nitrogen and oxygen atoms in total. The highest BCUT2D eigenvalue weighted by atomic mass is 32.1. The van der Waals surface area contributed by atoms with E-state index in [0.717, 1.165) is 42.1 Å². The zero-order valence-corrected chi connectivity index (χ0v) is 26.0. The van der Waals surface area contributed by atoms with Gasteiger partial charge >= 0.3 is 0 Å². The van der Waals surface area contributed by atoms with Crippen molar-refractivity contribution in [3.8, 4) is 0 Å². The summed E-state index contributed by atoms with van der Waals surface area (Å²) in [6.45, 7) is 2.99. The Morgan fingerprint density at radius 1 is 1.09 bits per heavy atom. The third-order valence-corrected chi connectivity index (χ3v) is 9.48. The first kappa shape index (κ1) is 31.7. The summed E-state index contributed by atoms with van der Waals surface area (Å²) in [5.41, 5.74) is 0.993. The first-order valence-corrected chi connectivity index (χ1v) is 16.1. The minimum atomic E-state index is -2.70. The Morgan fingerprint density at radius 3 is 2.36 bits per heavy atom. The van der Waals surface area contributed by atoms with Crippen molar-refractivity contribution in [1.82, 2.24) is 25.4 Å². The summed E-state index contributed by atoms with van der Waals surface area (Å²) < 4.78 is 26.4. The highest BCUT2D eigenvalue weighted by Crippen LogP contribution is 2.43. The zero-order chi connectivity index (χ0) is 31.3. The van der Waals surface area contributed by atoms with E-state index in [9.17, 15) is 23.5 Å². The van der Waals surface area contributed by atoms with Gasteiger partial charge in [0.05, 0.1) is 25.2 Å². The van der Waals surface area contributed by atoms with Crippen molar-refractivity contribution in [2.75, 3.05) is 28.6 Å². The van der Waals surface area contributed by atoms with E-state index in [1.54, 1.807) is 37.3 Å². The van der Waals surface area contributed by atoms with Crippen LogP contribution in [0, 0.1) is 0 Å². The molecule has 0 radical (unpaired) electrons. The second kappa shape index (κ2) is 13.9. The van der Waals surface area contributed by atoms with Crippen LogP contribution < -0.4 is 15.5 Å². The van der Waals surface area contributed by atoms with Crippen molar-refractivity contribution in [2.45, 2.75) is 76.2 Å². The van der Waals surface area contributed by atoms with E-state index in [1.165, 1.54) is 27.6 Å². The van der Waals surface area contributed by atoms with Gasteiger partial charge in [0, 0.05) is 11.8 Å². The van der Waals surface area contributed by atoms with E-state index in [1.807, 2.05) is 13.0 Å². The smallest absolute Gasteiger partial charge is 0.282 e. The molecule has 2 aliphatic rings. The fourth-order valence-electron chi connectivity index (χ4n) is 5.21. The molecule has 3 aromatic heterocycles. The maximum absolute atomic E-state index is 13.2. The van der Waals surface area contributed by atoms with Gasteiger partial charge in [-0.3, -0.25) is 14.9 Å². The summed E-state index contributed by atoms with van der Waals surface area (Å²) >= 11 is 2.63. The lowest BCUT2D eigenvalue weighted by molar-refractivity contribution is -0.122. The summed E-state index contributed by atoms with van der Waals surface area (Å²) in [6.07, 6.45) is 8.38. The maximum Gasteiger partial charge on any atom is 0.282 e. The Kier molecular flexibility index (Phi) is 10.1. The maximum atomic E-state index is 13.2. The van der Waals surface area contributed by atoms with E-state index < -0.39 is 17.9 Å². The Balaban J connectivity index is 1.14. The zero-order valence-electron chi connectivity index (χ0n) is 24.4. The molecule has 1 saturated heterocycles. The molecule has 1 saturated carbocycles. The molecule has 44 heavy (non-hydrogen) atoms. The Bertz CT molecular complexity index is 1530. The standard InChI is InChI=1S/C29H34F2N8O3S2/c1-3-5-8-17(4-2)23(41)24(42)34-28-38-36-26(44-28)19-10-6-9-18(13-19)25-35-37-27(43-25)33-22(40)14-20-11-7-12-21(32-20)39-15-29(30,31)16-39/h4-5,7-8,11-12,18-19,23,41H,3,6,9-10,13-16H2,1-2H3,(H,33,37,40)(H,34,38,42)/b8-5-,17-4+/t18-,19-,23-/m0/s1. The van der Waals surface area contributed by atoms with Crippen molar-refractivity contribution in [3.05, 3.63) is 57.7 Å². The van der Waals surface area contributed by atoms with Gasteiger partial charge in [-0.25, -0.2) is 13.8 Å². The second-order valence-electron chi connectivity index (χ2n) is 10.9. The molecule has 0 aromatic carbocycles. The number of alkyl halides is 2. The number of aromatic nitrogens is 5. The van der Waals surface area contributed by atoms with Crippen LogP contribution in [0.4, 0.5) is 24.9 Å². The van der Waals surface area contributed by atoms with Crippen molar-refractivity contribution in [2.24, 2.45) is 0 Å². The quantitative estimate of drug-likeness (QED) is 0.244. The van der Waals surface area contributed by atoms with E-state index in [4.69, 9.17) is 0 Å². The number of nitrogens with one attached hydrogen (secondary N) is 2. The van der Waals surface area contributed by atoms with E-state index in [0.29, 0.717) is 27.3 Å². The van der Waals surface area contributed by atoms with Crippen LogP contribution in [-0.4, -0.2) is 67.4 Å². The number of carbonyl (C=O) groups excluding carboxylic acids is 2. The van der Waals surface area contributed by atoms with Crippen LogP contribution in [0.5, 0.6) is 0 Å². The summed E-state index contributed by atoms with van der Waals surface area (Å²) in [6, 6.07) is 5.04. The Hall–Kier alpha value is -3.69. The number of nitrogens with zero attached hydrogens (tertiary/aromatic N) is 6. The molecule has 1 aliphatic heterocycles.